The summed E-state index contributed by atoms with van der Waals surface area (Å²) in [5.74, 6) is -0.449. The summed E-state index contributed by atoms with van der Waals surface area (Å²) < 4.78 is 36.3. The fourth-order valence-electron chi connectivity index (χ4n) is 2.33. The molecule has 5 nitrogen and oxygen atoms in total. The normalized spacial score (nSPS) is 28.6. The number of ether oxygens (including phenoxy) is 2. The lowest BCUT2D eigenvalue weighted by atomic mass is 9.94. The maximum Gasteiger partial charge on any atom is 0.225 e. The summed E-state index contributed by atoms with van der Waals surface area (Å²) in [6.07, 6.45) is 5.06. The van der Waals surface area contributed by atoms with E-state index in [-0.39, 0.29) is 12.6 Å². The number of halogens is 1. The Morgan fingerprint density at radius 2 is 2.00 bits per heavy atom. The minimum Gasteiger partial charge on any atom is -0.347 e. The number of nitrogens with one attached hydrogen (secondary N) is 1. The Kier molecular flexibility index (Phi) is 4.31. The summed E-state index contributed by atoms with van der Waals surface area (Å²) >= 11 is 5.30. The molecular formula is C10H18ClNO4S. The minimum absolute atomic E-state index is 0.203. The van der Waals surface area contributed by atoms with Crippen LogP contribution in [0.2, 0.25) is 0 Å². The van der Waals surface area contributed by atoms with Crippen molar-refractivity contribution in [3.05, 3.63) is 0 Å². The van der Waals surface area contributed by atoms with Gasteiger partial charge in [0.05, 0.1) is 12.7 Å². The van der Waals surface area contributed by atoms with Gasteiger partial charge in [0, 0.05) is 19.4 Å². The van der Waals surface area contributed by atoms with Gasteiger partial charge in [-0.2, -0.15) is 0 Å². The molecule has 1 aliphatic heterocycles. The van der Waals surface area contributed by atoms with Crippen molar-refractivity contribution >= 4 is 21.6 Å². The zero-order chi connectivity index (χ0) is 12.4. The standard InChI is InChI=1S/C10H18ClNO4S/c11-8-17(13,14)12-6-9-7-15-10(16-9)4-2-1-3-5-10/h9,12H,1-8H2/t9-/m1/s1. The van der Waals surface area contributed by atoms with E-state index < -0.39 is 21.0 Å². The van der Waals surface area contributed by atoms with E-state index >= 15 is 0 Å². The van der Waals surface area contributed by atoms with Crippen molar-refractivity contribution in [1.29, 1.82) is 0 Å². The second-order valence-electron chi connectivity index (χ2n) is 4.59. The Morgan fingerprint density at radius 3 is 2.65 bits per heavy atom. The van der Waals surface area contributed by atoms with Crippen molar-refractivity contribution in [2.45, 2.75) is 44.0 Å². The highest BCUT2D eigenvalue weighted by Gasteiger charge is 2.42. The first-order valence-corrected chi connectivity index (χ1v) is 8.09. The van der Waals surface area contributed by atoms with Crippen LogP contribution in [0.3, 0.4) is 0 Å². The summed E-state index contributed by atoms with van der Waals surface area (Å²) in [6.45, 7) is 0.682. The van der Waals surface area contributed by atoms with Gasteiger partial charge in [-0.1, -0.05) is 6.42 Å². The smallest absolute Gasteiger partial charge is 0.225 e. The first-order valence-electron chi connectivity index (χ1n) is 5.90. The van der Waals surface area contributed by atoms with E-state index in [1.54, 1.807) is 0 Å². The number of rotatable bonds is 4. The van der Waals surface area contributed by atoms with Crippen molar-refractivity contribution in [1.82, 2.24) is 4.72 Å². The van der Waals surface area contributed by atoms with Crippen LogP contribution in [0.1, 0.15) is 32.1 Å². The molecule has 2 aliphatic rings. The van der Waals surface area contributed by atoms with E-state index in [1.165, 1.54) is 6.42 Å². The van der Waals surface area contributed by atoms with Crippen LogP contribution in [0.25, 0.3) is 0 Å². The van der Waals surface area contributed by atoms with Crippen LogP contribution in [0.4, 0.5) is 0 Å². The lowest BCUT2D eigenvalue weighted by Gasteiger charge is -2.31. The van der Waals surface area contributed by atoms with Crippen LogP contribution in [-0.2, 0) is 19.5 Å². The molecule has 0 aromatic heterocycles. The first kappa shape index (κ1) is 13.5. The summed E-state index contributed by atoms with van der Waals surface area (Å²) in [5.41, 5.74) is 0. The number of hydrogen-bond acceptors (Lipinski definition) is 4. The predicted molar refractivity (Wildman–Crippen MR) is 64.3 cm³/mol. The highest BCUT2D eigenvalue weighted by Crippen LogP contribution is 2.37. The molecule has 2 fully saturated rings. The highest BCUT2D eigenvalue weighted by molar-refractivity contribution is 7.90. The maximum absolute atomic E-state index is 11.2. The minimum atomic E-state index is -3.37. The van der Waals surface area contributed by atoms with E-state index in [9.17, 15) is 8.42 Å². The number of hydrogen-bond donors (Lipinski definition) is 1. The molecule has 0 bridgehead atoms. The quantitative estimate of drug-likeness (QED) is 0.787. The van der Waals surface area contributed by atoms with Gasteiger partial charge in [-0.15, -0.1) is 11.6 Å². The van der Waals surface area contributed by atoms with Gasteiger partial charge >= 0.3 is 0 Å². The molecule has 0 aromatic carbocycles. The fourth-order valence-corrected chi connectivity index (χ4v) is 3.08. The Balaban J connectivity index is 1.82. The molecule has 1 heterocycles. The van der Waals surface area contributed by atoms with Gasteiger partial charge < -0.3 is 9.47 Å². The van der Waals surface area contributed by atoms with Crippen molar-refractivity contribution in [2.24, 2.45) is 0 Å². The molecule has 0 amide bonds. The third-order valence-corrected chi connectivity index (χ3v) is 4.96. The van der Waals surface area contributed by atoms with Gasteiger partial charge in [0.2, 0.25) is 10.0 Å². The topological polar surface area (TPSA) is 64.6 Å². The van der Waals surface area contributed by atoms with Crippen molar-refractivity contribution in [2.75, 3.05) is 18.4 Å². The number of sulfonamides is 1. The van der Waals surface area contributed by atoms with Crippen LogP contribution in [-0.4, -0.2) is 38.7 Å². The largest absolute Gasteiger partial charge is 0.347 e. The Labute approximate surface area is 107 Å². The molecule has 7 heteroatoms. The van der Waals surface area contributed by atoms with Gasteiger partial charge in [0.25, 0.3) is 0 Å². The lowest BCUT2D eigenvalue weighted by molar-refractivity contribution is -0.186. The molecule has 1 N–H and O–H groups in total. The van der Waals surface area contributed by atoms with Gasteiger partial charge in [-0.3, -0.25) is 0 Å². The average molecular weight is 284 g/mol. The first-order chi connectivity index (χ1) is 8.05. The Morgan fingerprint density at radius 1 is 1.29 bits per heavy atom. The fraction of sp³-hybridized carbons (Fsp3) is 1.00. The summed E-state index contributed by atoms with van der Waals surface area (Å²) in [5, 5.41) is -0.425. The van der Waals surface area contributed by atoms with E-state index in [0.29, 0.717) is 6.61 Å². The van der Waals surface area contributed by atoms with Crippen LogP contribution >= 0.6 is 11.6 Å². The summed E-state index contributed by atoms with van der Waals surface area (Å²) in [7, 11) is -3.37. The third-order valence-electron chi connectivity index (χ3n) is 3.20. The molecule has 0 radical (unpaired) electrons. The van der Waals surface area contributed by atoms with E-state index in [2.05, 4.69) is 4.72 Å². The Bertz CT molecular complexity index is 353. The van der Waals surface area contributed by atoms with Crippen LogP contribution < -0.4 is 4.72 Å². The molecular weight excluding hydrogens is 266 g/mol. The predicted octanol–water partition coefficient (Wildman–Crippen LogP) is 1.18. The highest BCUT2D eigenvalue weighted by atomic mass is 35.5. The Hall–Kier alpha value is 0.120. The van der Waals surface area contributed by atoms with Gasteiger partial charge in [-0.25, -0.2) is 13.1 Å². The van der Waals surface area contributed by atoms with Gasteiger partial charge in [-0.05, 0) is 12.8 Å². The molecule has 1 aliphatic carbocycles. The molecule has 100 valence electrons. The molecule has 1 saturated carbocycles. The molecule has 0 unspecified atom stereocenters. The average Bonchev–Trinajstić information content (AvgIpc) is 2.71. The van der Waals surface area contributed by atoms with Crippen LogP contribution in [0.15, 0.2) is 0 Å². The van der Waals surface area contributed by atoms with E-state index in [0.717, 1.165) is 25.7 Å². The lowest BCUT2D eigenvalue weighted by Crippen LogP contribution is -2.37. The maximum atomic E-state index is 11.2. The van der Waals surface area contributed by atoms with E-state index in [4.69, 9.17) is 21.1 Å². The van der Waals surface area contributed by atoms with Crippen LogP contribution in [0.5, 0.6) is 0 Å². The zero-order valence-corrected chi connectivity index (χ0v) is 11.2. The molecule has 17 heavy (non-hydrogen) atoms. The van der Waals surface area contributed by atoms with Crippen molar-refractivity contribution in [3.63, 3.8) is 0 Å². The van der Waals surface area contributed by atoms with Crippen molar-refractivity contribution in [3.8, 4) is 0 Å². The number of alkyl halides is 1. The molecule has 1 spiro atoms. The van der Waals surface area contributed by atoms with Gasteiger partial charge in [0.1, 0.15) is 5.21 Å². The third kappa shape index (κ3) is 3.54. The summed E-state index contributed by atoms with van der Waals surface area (Å²) in [6, 6.07) is 0. The molecule has 0 aromatic rings. The molecule has 1 saturated heterocycles. The molecule has 2 rings (SSSR count). The van der Waals surface area contributed by atoms with Crippen LogP contribution in [0, 0.1) is 0 Å². The van der Waals surface area contributed by atoms with Crippen molar-refractivity contribution < 1.29 is 17.9 Å². The SMILES string of the molecule is O=S(=O)(CCl)NC[C@@H]1COC2(CCCCC2)O1. The van der Waals surface area contributed by atoms with Gasteiger partial charge in [0.15, 0.2) is 5.79 Å². The summed E-state index contributed by atoms with van der Waals surface area (Å²) in [4.78, 5) is 0. The zero-order valence-electron chi connectivity index (χ0n) is 9.65. The van der Waals surface area contributed by atoms with E-state index in [1.807, 2.05) is 0 Å². The monoisotopic (exact) mass is 283 g/mol. The second-order valence-corrected chi connectivity index (χ2v) is 6.99. The second kappa shape index (κ2) is 5.40. The molecule has 1 atom stereocenters.